The van der Waals surface area contributed by atoms with E-state index in [4.69, 9.17) is 0 Å². The van der Waals surface area contributed by atoms with E-state index in [1.54, 1.807) is 0 Å². The fourth-order valence-corrected chi connectivity index (χ4v) is 3.72. The lowest BCUT2D eigenvalue weighted by Crippen LogP contribution is -2.38. The summed E-state index contributed by atoms with van der Waals surface area (Å²) in [5.74, 6) is 0.606. The van der Waals surface area contributed by atoms with E-state index in [0.717, 1.165) is 32.1 Å². The van der Waals surface area contributed by atoms with Crippen molar-refractivity contribution in [1.82, 2.24) is 0 Å². The molecule has 0 aliphatic heterocycles. The predicted octanol–water partition coefficient (Wildman–Crippen LogP) is 4.39. The molecule has 1 heteroatoms. The Morgan fingerprint density at radius 1 is 0.905 bits per heavy atom. The first-order valence-corrected chi connectivity index (χ1v) is 8.04. The standard InChI is InChI=1S/C20H24O/c21-20(15-18-10-5-2-6-11-18)13-7-12-19(16-20)14-17-8-3-1-4-9-17/h1-6,8-11,19,21H,7,12-16H2/t19-,20-/m0/s1. The smallest absolute Gasteiger partial charge is 0.0690 e. The summed E-state index contributed by atoms with van der Waals surface area (Å²) in [6.07, 6.45) is 6.13. The molecule has 0 aromatic heterocycles. The number of rotatable bonds is 4. The molecular weight excluding hydrogens is 256 g/mol. The van der Waals surface area contributed by atoms with E-state index in [1.165, 1.54) is 17.5 Å². The van der Waals surface area contributed by atoms with Gasteiger partial charge in [0.05, 0.1) is 5.60 Å². The number of benzene rings is 2. The Morgan fingerprint density at radius 2 is 1.52 bits per heavy atom. The third kappa shape index (κ3) is 3.95. The lowest BCUT2D eigenvalue weighted by atomic mass is 9.73. The molecule has 0 spiro atoms. The lowest BCUT2D eigenvalue weighted by Gasteiger charge is -2.37. The van der Waals surface area contributed by atoms with Crippen molar-refractivity contribution in [2.24, 2.45) is 5.92 Å². The highest BCUT2D eigenvalue weighted by Crippen LogP contribution is 2.36. The molecule has 1 nitrogen and oxygen atoms in total. The van der Waals surface area contributed by atoms with Crippen LogP contribution < -0.4 is 0 Å². The van der Waals surface area contributed by atoms with Crippen LogP contribution in [0.3, 0.4) is 0 Å². The third-order valence-corrected chi connectivity index (χ3v) is 4.67. The maximum Gasteiger partial charge on any atom is 0.0690 e. The Morgan fingerprint density at radius 3 is 2.19 bits per heavy atom. The van der Waals surface area contributed by atoms with Gasteiger partial charge in [-0.05, 0) is 42.7 Å². The second-order valence-electron chi connectivity index (χ2n) is 6.54. The van der Waals surface area contributed by atoms with Gasteiger partial charge in [0.2, 0.25) is 0 Å². The van der Waals surface area contributed by atoms with Crippen LogP contribution in [0.1, 0.15) is 36.8 Å². The first-order valence-electron chi connectivity index (χ1n) is 8.04. The number of hydrogen-bond donors (Lipinski definition) is 1. The molecule has 1 fully saturated rings. The molecule has 1 aliphatic rings. The van der Waals surface area contributed by atoms with Crippen LogP contribution in [0.15, 0.2) is 60.7 Å². The van der Waals surface area contributed by atoms with Gasteiger partial charge >= 0.3 is 0 Å². The molecular formula is C20H24O. The van der Waals surface area contributed by atoms with E-state index in [2.05, 4.69) is 54.6 Å². The number of hydrogen-bond acceptors (Lipinski definition) is 1. The van der Waals surface area contributed by atoms with E-state index in [9.17, 15) is 5.11 Å². The van der Waals surface area contributed by atoms with Gasteiger partial charge in [0.1, 0.15) is 0 Å². The van der Waals surface area contributed by atoms with Gasteiger partial charge in [0.15, 0.2) is 0 Å². The average Bonchev–Trinajstić information content (AvgIpc) is 2.49. The van der Waals surface area contributed by atoms with Gasteiger partial charge in [-0.2, -0.15) is 0 Å². The van der Waals surface area contributed by atoms with Gasteiger partial charge in [-0.25, -0.2) is 0 Å². The second-order valence-corrected chi connectivity index (χ2v) is 6.54. The van der Waals surface area contributed by atoms with Crippen molar-refractivity contribution in [3.63, 3.8) is 0 Å². The molecule has 110 valence electrons. The zero-order valence-electron chi connectivity index (χ0n) is 12.5. The van der Waals surface area contributed by atoms with Crippen molar-refractivity contribution in [3.05, 3.63) is 71.8 Å². The molecule has 0 heterocycles. The average molecular weight is 280 g/mol. The molecule has 1 saturated carbocycles. The van der Waals surface area contributed by atoms with Crippen LogP contribution in [0, 0.1) is 5.92 Å². The fraction of sp³-hybridized carbons (Fsp3) is 0.400. The normalized spacial score (nSPS) is 25.7. The van der Waals surface area contributed by atoms with Gasteiger partial charge in [-0.15, -0.1) is 0 Å². The third-order valence-electron chi connectivity index (χ3n) is 4.67. The highest BCUT2D eigenvalue weighted by Gasteiger charge is 2.34. The van der Waals surface area contributed by atoms with Crippen molar-refractivity contribution >= 4 is 0 Å². The zero-order chi connectivity index (χ0) is 14.5. The summed E-state index contributed by atoms with van der Waals surface area (Å²) in [7, 11) is 0. The van der Waals surface area contributed by atoms with E-state index >= 15 is 0 Å². The summed E-state index contributed by atoms with van der Waals surface area (Å²) in [4.78, 5) is 0. The molecule has 0 saturated heterocycles. The van der Waals surface area contributed by atoms with Crippen molar-refractivity contribution in [3.8, 4) is 0 Å². The molecule has 0 radical (unpaired) electrons. The van der Waals surface area contributed by atoms with Crippen LogP contribution in [0.5, 0.6) is 0 Å². The minimum absolute atomic E-state index is 0.515. The molecule has 2 aromatic carbocycles. The Balaban J connectivity index is 1.64. The SMILES string of the molecule is O[C@]1(Cc2ccccc2)CCC[C@@H](Cc2ccccc2)C1. The largest absolute Gasteiger partial charge is 0.390 e. The molecule has 2 aromatic rings. The summed E-state index contributed by atoms with van der Waals surface area (Å²) in [5, 5.41) is 11.0. The van der Waals surface area contributed by atoms with Gasteiger partial charge in [-0.1, -0.05) is 67.1 Å². The molecule has 0 bridgehead atoms. The summed E-state index contributed by atoms with van der Waals surface area (Å²) in [6, 6.07) is 21.1. The Bertz CT molecular complexity index is 549. The minimum Gasteiger partial charge on any atom is -0.390 e. The van der Waals surface area contributed by atoms with Gasteiger partial charge in [-0.3, -0.25) is 0 Å². The summed E-state index contributed by atoms with van der Waals surface area (Å²) in [5.41, 5.74) is 2.13. The van der Waals surface area contributed by atoms with Crippen LogP contribution in [0.4, 0.5) is 0 Å². The van der Waals surface area contributed by atoms with Gasteiger partial charge in [0, 0.05) is 6.42 Å². The minimum atomic E-state index is -0.515. The monoisotopic (exact) mass is 280 g/mol. The maximum atomic E-state index is 11.0. The van der Waals surface area contributed by atoms with Crippen LogP contribution in [-0.2, 0) is 12.8 Å². The molecule has 21 heavy (non-hydrogen) atoms. The summed E-state index contributed by atoms with van der Waals surface area (Å²) >= 11 is 0. The zero-order valence-corrected chi connectivity index (χ0v) is 12.5. The van der Waals surface area contributed by atoms with E-state index < -0.39 is 5.60 Å². The predicted molar refractivity (Wildman–Crippen MR) is 87.2 cm³/mol. The Hall–Kier alpha value is -1.60. The summed E-state index contributed by atoms with van der Waals surface area (Å²) < 4.78 is 0. The van der Waals surface area contributed by atoms with E-state index in [1.807, 2.05) is 6.07 Å². The Kier molecular flexibility index (Phi) is 4.40. The first kappa shape index (κ1) is 14.3. The molecule has 1 aliphatic carbocycles. The maximum absolute atomic E-state index is 11.0. The molecule has 3 rings (SSSR count). The fourth-order valence-electron chi connectivity index (χ4n) is 3.72. The highest BCUT2D eigenvalue weighted by atomic mass is 16.3. The Labute approximate surface area is 127 Å². The molecule has 1 N–H and O–H groups in total. The van der Waals surface area contributed by atoms with Crippen molar-refractivity contribution in [2.45, 2.75) is 44.1 Å². The van der Waals surface area contributed by atoms with Crippen LogP contribution in [0.2, 0.25) is 0 Å². The van der Waals surface area contributed by atoms with Crippen LogP contribution >= 0.6 is 0 Å². The molecule has 2 atom stereocenters. The summed E-state index contributed by atoms with van der Waals surface area (Å²) in [6.45, 7) is 0. The van der Waals surface area contributed by atoms with Crippen LogP contribution in [0.25, 0.3) is 0 Å². The first-order chi connectivity index (χ1) is 10.2. The van der Waals surface area contributed by atoms with Crippen molar-refractivity contribution in [2.75, 3.05) is 0 Å². The van der Waals surface area contributed by atoms with Gasteiger partial charge < -0.3 is 5.11 Å². The van der Waals surface area contributed by atoms with Crippen molar-refractivity contribution in [1.29, 1.82) is 0 Å². The van der Waals surface area contributed by atoms with E-state index in [0.29, 0.717) is 5.92 Å². The lowest BCUT2D eigenvalue weighted by molar-refractivity contribution is -0.0154. The van der Waals surface area contributed by atoms with E-state index in [-0.39, 0.29) is 0 Å². The van der Waals surface area contributed by atoms with Crippen molar-refractivity contribution < 1.29 is 5.11 Å². The quantitative estimate of drug-likeness (QED) is 0.880. The number of aliphatic hydroxyl groups is 1. The van der Waals surface area contributed by atoms with Crippen LogP contribution in [-0.4, -0.2) is 10.7 Å². The topological polar surface area (TPSA) is 20.2 Å². The second kappa shape index (κ2) is 6.44. The molecule has 0 amide bonds. The highest BCUT2D eigenvalue weighted by molar-refractivity contribution is 5.18. The van der Waals surface area contributed by atoms with Gasteiger partial charge in [0.25, 0.3) is 0 Å². The molecule has 0 unspecified atom stereocenters.